The molecule has 0 aliphatic rings. The minimum atomic E-state index is -0.901. The Morgan fingerprint density at radius 3 is 2.08 bits per heavy atom. The van der Waals surface area contributed by atoms with Crippen molar-refractivity contribution in [2.45, 2.75) is 38.8 Å². The van der Waals surface area contributed by atoms with Crippen LogP contribution in [0.15, 0.2) is 36.4 Å². The third-order valence-electron chi connectivity index (χ3n) is 5.16. The molecule has 0 aliphatic heterocycles. The molecule has 39 heavy (non-hydrogen) atoms. The predicted molar refractivity (Wildman–Crippen MR) is 140 cm³/mol. The summed E-state index contributed by atoms with van der Waals surface area (Å²) in [4.78, 5) is 57.8. The number of hydrogen-bond acceptors (Lipinski definition) is 8. The third-order valence-corrected chi connectivity index (χ3v) is 5.41. The Kier molecular flexibility index (Phi) is 15.6. The number of amides is 4. The van der Waals surface area contributed by atoms with Gasteiger partial charge in [-0.25, -0.2) is 0 Å². The van der Waals surface area contributed by atoms with Crippen molar-refractivity contribution in [1.82, 2.24) is 5.32 Å². The zero-order valence-electron chi connectivity index (χ0n) is 21.3. The molecule has 2 rings (SSSR count). The number of nitrogens with one attached hydrogen (secondary N) is 1. The van der Waals surface area contributed by atoms with Gasteiger partial charge in [0, 0.05) is 24.1 Å². The van der Waals surface area contributed by atoms with Crippen LogP contribution in [0.5, 0.6) is 5.75 Å². The molecule has 0 saturated heterocycles. The standard InChI is InChI=1S/C25H32N4O7S.O.Tc/c1-3-4-24(29-22(32)13-27-20(30)11-26-21(31)12-28-23(33)14-37)36-19-8-7-17-9-16(15(2)25(34)35)5-6-18(17)10-19;;/h5-10,15,24H,3-4,11-14H2,1-2H3,(H6,26,27,28,29,30,31,32,33,34,35,37);;/q;;+4/p-4/t15-,24?;;/m0../s1. The van der Waals surface area contributed by atoms with Crippen molar-refractivity contribution in [3.05, 3.63) is 57.9 Å². The van der Waals surface area contributed by atoms with Gasteiger partial charge >= 0.3 is 28.3 Å². The van der Waals surface area contributed by atoms with E-state index < -0.39 is 61.4 Å². The SMILES string of the molecule is CCCC(NC(=O)C[N-]C(=O)C[N-]C(=O)C[N-]C(=O)C[S-])Oc1ccc2cc([C@H](C)C(=O)O)ccc2c1.[O]=[Tc+4]. The predicted octanol–water partition coefficient (Wildman–Crippen LogP) is 2.78. The van der Waals surface area contributed by atoms with Gasteiger partial charge in [-0.05, 0) is 41.9 Å². The van der Waals surface area contributed by atoms with Gasteiger partial charge in [0.1, 0.15) is 5.75 Å². The van der Waals surface area contributed by atoms with Crippen molar-refractivity contribution in [3.8, 4) is 5.75 Å². The molecule has 12 nitrogen and oxygen atoms in total. The van der Waals surface area contributed by atoms with Crippen LogP contribution in [-0.2, 0) is 59.0 Å². The van der Waals surface area contributed by atoms with Gasteiger partial charge in [-0.2, -0.15) is 0 Å². The average molecular weight is 643 g/mol. The summed E-state index contributed by atoms with van der Waals surface area (Å²) >= 11 is 5.39. The van der Waals surface area contributed by atoms with Gasteiger partial charge in [-0.3, -0.25) is 9.59 Å². The van der Waals surface area contributed by atoms with E-state index in [0.717, 1.165) is 29.6 Å². The van der Waals surface area contributed by atoms with Crippen LogP contribution < -0.4 is 10.1 Å². The minimum absolute atomic E-state index is 0.241. The molecule has 14 heteroatoms. The molecule has 4 amide bonds. The zero-order chi connectivity index (χ0) is 29.4. The fourth-order valence-electron chi connectivity index (χ4n) is 3.16. The second kappa shape index (κ2) is 18.0. The van der Waals surface area contributed by atoms with Crippen LogP contribution in [0.1, 0.15) is 38.2 Å². The number of ether oxygens (including phenoxy) is 1. The van der Waals surface area contributed by atoms with Gasteiger partial charge in [0.25, 0.3) is 0 Å². The summed E-state index contributed by atoms with van der Waals surface area (Å²) in [6.45, 7) is 2.04. The van der Waals surface area contributed by atoms with Crippen molar-refractivity contribution in [1.29, 1.82) is 0 Å². The summed E-state index contributed by atoms with van der Waals surface area (Å²) in [5, 5.41) is 24.0. The van der Waals surface area contributed by atoms with Crippen molar-refractivity contribution >= 4 is 53.0 Å². The Balaban J connectivity index is 0.00000371. The monoisotopic (exact) mass is 641 g/mol. The van der Waals surface area contributed by atoms with E-state index in [9.17, 15) is 29.1 Å². The molecule has 0 aliphatic carbocycles. The first-order valence-corrected chi connectivity index (χ1v) is 13.0. The van der Waals surface area contributed by atoms with Gasteiger partial charge < -0.3 is 58.1 Å². The van der Waals surface area contributed by atoms with Gasteiger partial charge in [0.05, 0.1) is 5.92 Å². The molecular weight excluding hydrogens is 614 g/mol. The van der Waals surface area contributed by atoms with E-state index in [4.69, 9.17) is 8.24 Å². The molecule has 0 fully saturated rings. The molecule has 2 aromatic carbocycles. The zero-order valence-corrected chi connectivity index (χ0v) is 24.0. The number of carbonyl (C=O) groups is 5. The number of carboxylic acid groups (broad SMARTS) is 1. The third kappa shape index (κ3) is 12.4. The van der Waals surface area contributed by atoms with Crippen molar-refractivity contribution in [2.75, 3.05) is 25.4 Å². The summed E-state index contributed by atoms with van der Waals surface area (Å²) in [6, 6.07) is 10.7. The van der Waals surface area contributed by atoms with Crippen molar-refractivity contribution in [3.63, 3.8) is 0 Å². The number of carbonyl (C=O) groups excluding carboxylic acids is 4. The van der Waals surface area contributed by atoms with E-state index in [1.165, 1.54) is 0 Å². The Labute approximate surface area is 241 Å². The summed E-state index contributed by atoms with van der Waals surface area (Å²) in [5.74, 6) is -3.94. The molecule has 1 unspecified atom stereocenters. The fourth-order valence-corrected chi connectivity index (χ4v) is 3.25. The Morgan fingerprint density at radius 1 is 0.923 bits per heavy atom. The summed E-state index contributed by atoms with van der Waals surface area (Å²) < 4.78 is 14.1. The molecule has 209 valence electrons. The van der Waals surface area contributed by atoms with Crippen LogP contribution >= 0.6 is 0 Å². The average Bonchev–Trinajstić information content (AvgIpc) is 2.93. The molecule has 2 atom stereocenters. The molecule has 2 aromatic rings. The number of benzene rings is 2. The van der Waals surface area contributed by atoms with E-state index in [1.807, 2.05) is 25.1 Å². The van der Waals surface area contributed by atoms with Crippen LogP contribution in [0.3, 0.4) is 0 Å². The van der Waals surface area contributed by atoms with Crippen LogP contribution in [-0.4, -0.2) is 66.3 Å². The Bertz CT molecular complexity index is 1170. The fraction of sp³-hybridized carbons (Fsp3) is 0.400. The van der Waals surface area contributed by atoms with E-state index >= 15 is 0 Å². The normalized spacial score (nSPS) is 11.7. The number of nitrogens with zero attached hydrogens (tertiary/aromatic N) is 3. The quantitative estimate of drug-likeness (QED) is 0.231. The van der Waals surface area contributed by atoms with E-state index in [-0.39, 0.29) is 5.75 Å². The van der Waals surface area contributed by atoms with Gasteiger partial charge in [-0.15, -0.1) is 5.75 Å². The van der Waals surface area contributed by atoms with E-state index in [1.54, 1.807) is 25.1 Å². The van der Waals surface area contributed by atoms with Crippen molar-refractivity contribution in [2.24, 2.45) is 0 Å². The van der Waals surface area contributed by atoms with Crippen LogP contribution in [0, 0.1) is 0 Å². The van der Waals surface area contributed by atoms with Gasteiger partial charge in [0.2, 0.25) is 5.91 Å². The van der Waals surface area contributed by atoms with Crippen LogP contribution in [0.4, 0.5) is 0 Å². The van der Waals surface area contributed by atoms with Crippen LogP contribution in [0.25, 0.3) is 26.7 Å². The maximum absolute atomic E-state index is 12.3. The summed E-state index contributed by atoms with van der Waals surface area (Å²) in [7, 11) is 0. The molecule has 0 saturated carbocycles. The van der Waals surface area contributed by atoms with Gasteiger partial charge in [-0.1, -0.05) is 50.7 Å². The van der Waals surface area contributed by atoms with Gasteiger partial charge in [0.15, 0.2) is 6.23 Å². The topological polar surface area (TPSA) is 186 Å². The first kappa shape index (κ1) is 33.7. The first-order valence-electron chi connectivity index (χ1n) is 11.7. The molecule has 0 bridgehead atoms. The number of fused-ring (bicyclic) bond motifs is 1. The number of rotatable bonds is 14. The molecule has 2 N–H and O–H groups in total. The van der Waals surface area contributed by atoms with E-state index in [0.29, 0.717) is 24.2 Å². The molecule has 0 radical (unpaired) electrons. The molecule has 0 heterocycles. The second-order valence-corrected chi connectivity index (χ2v) is 8.35. The number of aliphatic carboxylic acids is 1. The number of hydrogen-bond donors (Lipinski definition) is 2. The molecular formula is C25H28N4O8STc. The van der Waals surface area contributed by atoms with Crippen LogP contribution in [0.2, 0.25) is 0 Å². The Hall–Kier alpha value is -3.35. The molecule has 0 aromatic heterocycles. The second-order valence-electron chi connectivity index (χ2n) is 8.07. The summed E-state index contributed by atoms with van der Waals surface area (Å²) in [5.41, 5.74) is 0.692. The summed E-state index contributed by atoms with van der Waals surface area (Å²) in [6.07, 6.45) is 0.551. The van der Waals surface area contributed by atoms with E-state index in [2.05, 4.69) is 33.9 Å². The number of carboxylic acids is 1. The first-order chi connectivity index (χ1) is 18.6. The van der Waals surface area contributed by atoms with Crippen molar-refractivity contribution < 1.29 is 56.2 Å². The molecule has 0 spiro atoms. The Morgan fingerprint density at radius 2 is 1.49 bits per heavy atom. The maximum atomic E-state index is 12.3.